The Morgan fingerprint density at radius 1 is 1.02 bits per heavy atom. The molecule has 0 aliphatic heterocycles. The summed E-state index contributed by atoms with van der Waals surface area (Å²) in [4.78, 5) is 41.9. The van der Waals surface area contributed by atoms with Crippen molar-refractivity contribution in [3.8, 4) is 0 Å². The van der Waals surface area contributed by atoms with Crippen molar-refractivity contribution in [2.45, 2.75) is 64.8 Å². The number of anilines is 1. The Hall–Kier alpha value is -4.17. The number of benzene rings is 3. The molecule has 3 N–H and O–H groups in total. The summed E-state index contributed by atoms with van der Waals surface area (Å²) in [5.41, 5.74) is 1.13. The second kappa shape index (κ2) is 13.3. The van der Waals surface area contributed by atoms with Gasteiger partial charge in [-0.25, -0.2) is 4.79 Å². The largest absolute Gasteiger partial charge is 0.444 e. The number of aliphatic hydroxyl groups excluding tert-OH is 1. The van der Waals surface area contributed by atoms with E-state index in [9.17, 15) is 19.5 Å². The first kappa shape index (κ1) is 30.4. The summed E-state index contributed by atoms with van der Waals surface area (Å²) in [6, 6.07) is 17.8. The van der Waals surface area contributed by atoms with E-state index in [4.69, 9.17) is 4.74 Å². The first-order valence-electron chi connectivity index (χ1n) is 13.4. The molecular formula is C32H39N3O5. The summed E-state index contributed by atoms with van der Waals surface area (Å²) in [6.07, 6.45) is 1.35. The van der Waals surface area contributed by atoms with Gasteiger partial charge in [0.05, 0.1) is 6.61 Å². The number of hydrogen-bond acceptors (Lipinski definition) is 5. The van der Waals surface area contributed by atoms with Crippen molar-refractivity contribution in [3.63, 3.8) is 0 Å². The van der Waals surface area contributed by atoms with E-state index >= 15 is 0 Å². The maximum absolute atomic E-state index is 14.0. The second-order valence-corrected chi connectivity index (χ2v) is 10.7. The molecule has 3 rings (SSSR count). The molecule has 0 spiro atoms. The average Bonchev–Trinajstić information content (AvgIpc) is 2.92. The summed E-state index contributed by atoms with van der Waals surface area (Å²) in [7, 11) is 0. The maximum Gasteiger partial charge on any atom is 0.408 e. The van der Waals surface area contributed by atoms with E-state index in [0.717, 1.165) is 16.3 Å². The van der Waals surface area contributed by atoms with Gasteiger partial charge in [-0.3, -0.25) is 9.59 Å². The molecule has 0 aliphatic rings. The minimum atomic E-state index is -1.32. The van der Waals surface area contributed by atoms with Crippen molar-refractivity contribution in [2.75, 3.05) is 11.9 Å². The predicted octanol–water partition coefficient (Wildman–Crippen LogP) is 5.68. The van der Waals surface area contributed by atoms with Crippen LogP contribution in [0.3, 0.4) is 0 Å². The molecule has 0 aromatic heterocycles. The quantitative estimate of drug-likeness (QED) is 0.304. The Labute approximate surface area is 236 Å². The van der Waals surface area contributed by atoms with Crippen LogP contribution in [0, 0.1) is 0 Å². The molecule has 212 valence electrons. The van der Waals surface area contributed by atoms with Gasteiger partial charge in [0.1, 0.15) is 17.7 Å². The van der Waals surface area contributed by atoms with E-state index in [0.29, 0.717) is 17.7 Å². The molecule has 0 aliphatic carbocycles. The topological polar surface area (TPSA) is 108 Å². The van der Waals surface area contributed by atoms with Gasteiger partial charge >= 0.3 is 6.09 Å². The van der Waals surface area contributed by atoms with Gasteiger partial charge in [-0.05, 0) is 74.2 Å². The molecular weight excluding hydrogens is 506 g/mol. The molecule has 3 aromatic carbocycles. The number of nitrogens with one attached hydrogen (secondary N) is 2. The van der Waals surface area contributed by atoms with Gasteiger partial charge in [0.2, 0.25) is 5.91 Å². The number of nitrogens with zero attached hydrogens (tertiary/aromatic N) is 1. The van der Waals surface area contributed by atoms with Crippen molar-refractivity contribution in [2.24, 2.45) is 0 Å². The highest BCUT2D eigenvalue weighted by atomic mass is 16.6. The van der Waals surface area contributed by atoms with Crippen molar-refractivity contribution in [1.82, 2.24) is 10.2 Å². The average molecular weight is 546 g/mol. The van der Waals surface area contributed by atoms with Gasteiger partial charge in [0.15, 0.2) is 0 Å². The standard InChI is InChI=1S/C32H39N3O5/c1-7-21(3)35(30(38)27(20-36)34-31(39)40-32(4,5)6)28(25-15-11-12-22(8-2)18-25)29(37)33-26-17-16-23-13-9-10-14-24(23)19-26/h8-19,21,27-28,36H,2,7,20H2,1,3-6H3,(H,33,37)(H,34,39). The third-order valence-electron chi connectivity index (χ3n) is 6.50. The highest BCUT2D eigenvalue weighted by Crippen LogP contribution is 2.29. The predicted molar refractivity (Wildman–Crippen MR) is 159 cm³/mol. The second-order valence-electron chi connectivity index (χ2n) is 10.7. The van der Waals surface area contributed by atoms with Gasteiger partial charge in [0.25, 0.3) is 5.91 Å². The fraction of sp³-hybridized carbons (Fsp3) is 0.344. The van der Waals surface area contributed by atoms with Crippen LogP contribution in [0.5, 0.6) is 0 Å². The van der Waals surface area contributed by atoms with E-state index in [-0.39, 0.29) is 0 Å². The Kier molecular flexibility index (Phi) is 10.1. The Morgan fingerprint density at radius 3 is 2.35 bits per heavy atom. The zero-order valence-corrected chi connectivity index (χ0v) is 23.8. The summed E-state index contributed by atoms with van der Waals surface area (Å²) in [6.45, 7) is 12.0. The van der Waals surface area contributed by atoms with Gasteiger partial charge < -0.3 is 25.4 Å². The number of aliphatic hydroxyl groups is 1. The lowest BCUT2D eigenvalue weighted by Gasteiger charge is -2.38. The first-order chi connectivity index (χ1) is 19.0. The lowest BCUT2D eigenvalue weighted by molar-refractivity contribution is -0.144. The molecule has 8 nitrogen and oxygen atoms in total. The normalized spacial score (nSPS) is 13.6. The first-order valence-corrected chi connectivity index (χ1v) is 13.4. The fourth-order valence-corrected chi connectivity index (χ4v) is 4.38. The van der Waals surface area contributed by atoms with Crippen LogP contribution in [-0.2, 0) is 14.3 Å². The van der Waals surface area contributed by atoms with Gasteiger partial charge in [-0.1, -0.05) is 68.1 Å². The molecule has 3 atom stereocenters. The van der Waals surface area contributed by atoms with Crippen molar-refractivity contribution < 1.29 is 24.2 Å². The number of alkyl carbamates (subject to hydrolysis) is 1. The van der Waals surface area contributed by atoms with Crippen LogP contribution in [0.25, 0.3) is 16.8 Å². The molecule has 3 aromatic rings. The van der Waals surface area contributed by atoms with E-state index in [1.54, 1.807) is 45.0 Å². The smallest absolute Gasteiger partial charge is 0.408 e. The summed E-state index contributed by atoms with van der Waals surface area (Å²) in [5, 5.41) is 17.6. The van der Waals surface area contributed by atoms with Gasteiger partial charge in [-0.2, -0.15) is 0 Å². The number of fused-ring (bicyclic) bond motifs is 1. The summed E-state index contributed by atoms with van der Waals surface area (Å²) in [5.74, 6) is -1.04. The van der Waals surface area contributed by atoms with Crippen LogP contribution in [-0.4, -0.2) is 52.2 Å². The van der Waals surface area contributed by atoms with Crippen molar-refractivity contribution in [1.29, 1.82) is 0 Å². The summed E-state index contributed by atoms with van der Waals surface area (Å²) >= 11 is 0. The van der Waals surface area contributed by atoms with Gasteiger partial charge in [0, 0.05) is 11.7 Å². The third-order valence-corrected chi connectivity index (χ3v) is 6.50. The molecule has 0 bridgehead atoms. The molecule has 3 amide bonds. The van der Waals surface area contributed by atoms with Crippen LogP contribution in [0.4, 0.5) is 10.5 Å². The Balaban J connectivity index is 2.04. The molecule has 0 heterocycles. The lowest BCUT2D eigenvalue weighted by atomic mass is 9.98. The SMILES string of the molecule is C=Cc1cccc(C(C(=O)Nc2ccc3ccccc3c2)N(C(=O)C(CO)NC(=O)OC(C)(C)C)C(C)CC)c1. The number of amides is 3. The summed E-state index contributed by atoms with van der Waals surface area (Å²) < 4.78 is 5.30. The van der Waals surface area contributed by atoms with Crippen LogP contribution in [0.2, 0.25) is 0 Å². The lowest BCUT2D eigenvalue weighted by Crippen LogP contribution is -2.56. The number of ether oxygens (including phenoxy) is 1. The number of carbonyl (C=O) groups excluding carboxylic acids is 3. The molecule has 8 heteroatoms. The highest BCUT2D eigenvalue weighted by molar-refractivity contribution is 6.00. The monoisotopic (exact) mass is 545 g/mol. The fourth-order valence-electron chi connectivity index (χ4n) is 4.38. The zero-order chi connectivity index (χ0) is 29.4. The van der Waals surface area contributed by atoms with Gasteiger partial charge in [-0.15, -0.1) is 0 Å². The third kappa shape index (κ3) is 7.70. The minimum absolute atomic E-state index is 0.415. The van der Waals surface area contributed by atoms with Crippen LogP contribution in [0.15, 0.2) is 73.3 Å². The molecule has 0 radical (unpaired) electrons. The Morgan fingerprint density at radius 2 is 1.73 bits per heavy atom. The van der Waals surface area contributed by atoms with E-state index < -0.39 is 48.2 Å². The van der Waals surface area contributed by atoms with Crippen LogP contribution in [0.1, 0.15) is 58.2 Å². The minimum Gasteiger partial charge on any atom is -0.444 e. The van der Waals surface area contributed by atoms with E-state index in [1.165, 1.54) is 4.90 Å². The number of carbonyl (C=O) groups is 3. The molecule has 40 heavy (non-hydrogen) atoms. The zero-order valence-electron chi connectivity index (χ0n) is 23.8. The molecule has 0 saturated carbocycles. The molecule has 3 unspecified atom stereocenters. The van der Waals surface area contributed by atoms with Crippen molar-refractivity contribution in [3.05, 3.63) is 84.4 Å². The molecule has 0 saturated heterocycles. The van der Waals surface area contributed by atoms with E-state index in [1.807, 2.05) is 62.4 Å². The highest BCUT2D eigenvalue weighted by Gasteiger charge is 2.38. The van der Waals surface area contributed by atoms with Crippen LogP contribution >= 0.6 is 0 Å². The van der Waals surface area contributed by atoms with Crippen molar-refractivity contribution >= 4 is 40.4 Å². The van der Waals surface area contributed by atoms with E-state index in [2.05, 4.69) is 17.2 Å². The Bertz CT molecular complexity index is 1360. The maximum atomic E-state index is 14.0. The number of rotatable bonds is 10. The van der Waals surface area contributed by atoms with Crippen LogP contribution < -0.4 is 10.6 Å². The number of hydrogen-bond donors (Lipinski definition) is 3. The molecule has 0 fully saturated rings.